The summed E-state index contributed by atoms with van der Waals surface area (Å²) < 4.78 is 26.4. The Morgan fingerprint density at radius 1 is 1.45 bits per heavy atom. The first-order chi connectivity index (χ1) is 9.61. The number of amides is 1. The molecule has 0 spiro atoms. The molecule has 1 saturated heterocycles. The van der Waals surface area contributed by atoms with Crippen LogP contribution in [0.1, 0.15) is 36.5 Å². The maximum atomic E-state index is 13.5. The Balaban J connectivity index is 1.91. The number of carbonyl (C=O) groups is 1. The summed E-state index contributed by atoms with van der Waals surface area (Å²) in [6.07, 6.45) is 3.87. The Kier molecular flexibility index (Phi) is 5.00. The average molecular weight is 283 g/mol. The highest BCUT2D eigenvalue weighted by Crippen LogP contribution is 2.13. The van der Waals surface area contributed by atoms with Gasteiger partial charge in [0.25, 0.3) is 5.91 Å². The molecule has 1 N–H and O–H groups in total. The van der Waals surface area contributed by atoms with Crippen LogP contribution in [0.25, 0.3) is 0 Å². The van der Waals surface area contributed by atoms with Crippen molar-refractivity contribution in [3.8, 4) is 0 Å². The van der Waals surface area contributed by atoms with E-state index in [0.29, 0.717) is 0 Å². The zero-order valence-electron chi connectivity index (χ0n) is 11.5. The number of likely N-dealkylation sites (tertiary alicyclic amines) is 1. The van der Waals surface area contributed by atoms with E-state index in [2.05, 4.69) is 22.1 Å². The van der Waals surface area contributed by atoms with Crippen molar-refractivity contribution in [3.05, 3.63) is 29.6 Å². The topological polar surface area (TPSA) is 45.2 Å². The van der Waals surface area contributed by atoms with Gasteiger partial charge in [-0.2, -0.15) is 4.39 Å². The van der Waals surface area contributed by atoms with Gasteiger partial charge >= 0.3 is 0 Å². The van der Waals surface area contributed by atoms with E-state index in [1.807, 2.05) is 0 Å². The second-order valence-corrected chi connectivity index (χ2v) is 5.05. The number of hydrogen-bond donors (Lipinski definition) is 1. The average Bonchev–Trinajstić information content (AvgIpc) is 2.44. The maximum absolute atomic E-state index is 13.5. The van der Waals surface area contributed by atoms with E-state index in [1.54, 1.807) is 0 Å². The highest BCUT2D eigenvalue weighted by molar-refractivity contribution is 5.94. The van der Waals surface area contributed by atoms with Gasteiger partial charge in [0.15, 0.2) is 5.82 Å². The molecule has 1 amide bonds. The Morgan fingerprint density at radius 3 is 2.80 bits per heavy atom. The number of carbonyl (C=O) groups excluding carboxylic acids is 1. The number of hydrogen-bond acceptors (Lipinski definition) is 3. The fourth-order valence-corrected chi connectivity index (χ4v) is 2.47. The molecule has 20 heavy (non-hydrogen) atoms. The van der Waals surface area contributed by atoms with Gasteiger partial charge in [0.2, 0.25) is 5.95 Å². The number of rotatable bonds is 4. The van der Waals surface area contributed by atoms with E-state index in [4.69, 9.17) is 0 Å². The molecular formula is C14H19F2N3O. The maximum Gasteiger partial charge on any atom is 0.254 e. The monoisotopic (exact) mass is 283 g/mol. The molecule has 2 rings (SSSR count). The summed E-state index contributed by atoms with van der Waals surface area (Å²) in [6, 6.07) is 1.21. The third kappa shape index (κ3) is 3.50. The second kappa shape index (κ2) is 6.74. The van der Waals surface area contributed by atoms with Crippen LogP contribution in [0, 0.1) is 11.8 Å². The third-order valence-corrected chi connectivity index (χ3v) is 3.55. The standard InChI is InChI=1S/C14H19F2N3O/c1-2-7-19-8-4-10(5-9-19)18-14(20)11-3-6-17-13(16)12(11)15/h3,6,10H,2,4-5,7-9H2,1H3,(H,18,20). The first kappa shape index (κ1) is 14.8. The van der Waals surface area contributed by atoms with Gasteiger partial charge in [0, 0.05) is 25.3 Å². The van der Waals surface area contributed by atoms with Crippen molar-refractivity contribution in [3.63, 3.8) is 0 Å². The molecule has 0 aliphatic carbocycles. The Labute approximate surface area is 117 Å². The van der Waals surface area contributed by atoms with E-state index in [0.717, 1.165) is 45.1 Å². The molecule has 1 aromatic rings. The van der Waals surface area contributed by atoms with E-state index < -0.39 is 17.7 Å². The molecule has 0 aromatic carbocycles. The largest absolute Gasteiger partial charge is 0.349 e. The molecule has 0 bridgehead atoms. The van der Waals surface area contributed by atoms with Crippen LogP contribution in [0.15, 0.2) is 12.3 Å². The van der Waals surface area contributed by atoms with Gasteiger partial charge < -0.3 is 10.2 Å². The summed E-state index contributed by atoms with van der Waals surface area (Å²) in [6.45, 7) is 5.04. The molecule has 0 radical (unpaired) electrons. The normalized spacial score (nSPS) is 17.1. The molecule has 1 aromatic heterocycles. The lowest BCUT2D eigenvalue weighted by molar-refractivity contribution is 0.0905. The Bertz CT molecular complexity index is 473. The van der Waals surface area contributed by atoms with Crippen LogP contribution in [-0.2, 0) is 0 Å². The Hall–Kier alpha value is -1.56. The van der Waals surface area contributed by atoms with Gasteiger partial charge in [-0.15, -0.1) is 0 Å². The van der Waals surface area contributed by atoms with Crippen LogP contribution in [0.2, 0.25) is 0 Å². The molecule has 2 heterocycles. The highest BCUT2D eigenvalue weighted by Gasteiger charge is 2.22. The van der Waals surface area contributed by atoms with Gasteiger partial charge in [-0.25, -0.2) is 9.37 Å². The number of pyridine rings is 1. The predicted molar refractivity (Wildman–Crippen MR) is 71.4 cm³/mol. The molecule has 0 saturated carbocycles. The first-order valence-corrected chi connectivity index (χ1v) is 6.95. The summed E-state index contributed by atoms with van der Waals surface area (Å²) in [7, 11) is 0. The molecule has 1 aliphatic heterocycles. The molecule has 6 heteroatoms. The minimum Gasteiger partial charge on any atom is -0.349 e. The summed E-state index contributed by atoms with van der Waals surface area (Å²) in [5.74, 6) is -3.00. The van der Waals surface area contributed by atoms with Crippen molar-refractivity contribution in [1.82, 2.24) is 15.2 Å². The van der Waals surface area contributed by atoms with Crippen LogP contribution in [0.5, 0.6) is 0 Å². The first-order valence-electron chi connectivity index (χ1n) is 6.95. The summed E-state index contributed by atoms with van der Waals surface area (Å²) in [4.78, 5) is 17.4. The van der Waals surface area contributed by atoms with Crippen LogP contribution < -0.4 is 5.32 Å². The zero-order valence-corrected chi connectivity index (χ0v) is 11.5. The van der Waals surface area contributed by atoms with Gasteiger partial charge in [0.1, 0.15) is 0 Å². The minimum absolute atomic E-state index is 0.0197. The van der Waals surface area contributed by atoms with Gasteiger partial charge in [-0.1, -0.05) is 6.92 Å². The van der Waals surface area contributed by atoms with Crippen molar-refractivity contribution in [2.24, 2.45) is 0 Å². The van der Waals surface area contributed by atoms with Gasteiger partial charge in [-0.05, 0) is 31.9 Å². The second-order valence-electron chi connectivity index (χ2n) is 5.05. The van der Waals surface area contributed by atoms with Crippen molar-refractivity contribution >= 4 is 5.91 Å². The fraction of sp³-hybridized carbons (Fsp3) is 0.571. The smallest absolute Gasteiger partial charge is 0.254 e. The Morgan fingerprint density at radius 2 is 2.15 bits per heavy atom. The quantitative estimate of drug-likeness (QED) is 0.859. The predicted octanol–water partition coefficient (Wildman–Crippen LogP) is 1.96. The van der Waals surface area contributed by atoms with Crippen LogP contribution >= 0.6 is 0 Å². The molecule has 0 atom stereocenters. The van der Waals surface area contributed by atoms with Crippen LogP contribution in [-0.4, -0.2) is 41.5 Å². The number of halogens is 2. The van der Waals surface area contributed by atoms with Gasteiger partial charge in [-0.3, -0.25) is 4.79 Å². The molecule has 4 nitrogen and oxygen atoms in total. The lowest BCUT2D eigenvalue weighted by atomic mass is 10.0. The number of nitrogens with zero attached hydrogens (tertiary/aromatic N) is 2. The molecule has 0 unspecified atom stereocenters. The van der Waals surface area contributed by atoms with Crippen LogP contribution in [0.4, 0.5) is 8.78 Å². The molecule has 110 valence electrons. The van der Waals surface area contributed by atoms with E-state index in [9.17, 15) is 13.6 Å². The summed E-state index contributed by atoms with van der Waals surface area (Å²) in [5.41, 5.74) is -0.284. The molecule has 1 aliphatic rings. The van der Waals surface area contributed by atoms with Crippen molar-refractivity contribution in [2.75, 3.05) is 19.6 Å². The minimum atomic E-state index is -1.24. The SMILES string of the molecule is CCCN1CCC(NC(=O)c2ccnc(F)c2F)CC1. The van der Waals surface area contributed by atoms with Gasteiger partial charge in [0.05, 0.1) is 5.56 Å². The number of aromatic nitrogens is 1. The fourth-order valence-electron chi connectivity index (χ4n) is 2.47. The van der Waals surface area contributed by atoms with E-state index in [-0.39, 0.29) is 11.6 Å². The van der Waals surface area contributed by atoms with E-state index >= 15 is 0 Å². The van der Waals surface area contributed by atoms with Crippen LogP contribution in [0.3, 0.4) is 0 Å². The van der Waals surface area contributed by atoms with Crippen molar-refractivity contribution < 1.29 is 13.6 Å². The highest BCUT2D eigenvalue weighted by atomic mass is 19.2. The number of nitrogens with one attached hydrogen (secondary N) is 1. The van der Waals surface area contributed by atoms with Crippen molar-refractivity contribution in [1.29, 1.82) is 0 Å². The summed E-state index contributed by atoms with van der Waals surface area (Å²) >= 11 is 0. The third-order valence-electron chi connectivity index (χ3n) is 3.55. The number of piperidine rings is 1. The lowest BCUT2D eigenvalue weighted by Gasteiger charge is -2.32. The zero-order chi connectivity index (χ0) is 14.5. The summed E-state index contributed by atoms with van der Waals surface area (Å²) in [5, 5.41) is 2.77. The van der Waals surface area contributed by atoms with Crippen molar-refractivity contribution in [2.45, 2.75) is 32.2 Å². The molecule has 1 fully saturated rings. The molecular weight excluding hydrogens is 264 g/mol. The lowest BCUT2D eigenvalue weighted by Crippen LogP contribution is -2.45. The van der Waals surface area contributed by atoms with E-state index in [1.165, 1.54) is 6.07 Å².